The Balaban J connectivity index is 1.86. The SMILES string of the molecule is CC(=O)c1cccc(NC(=O)c2cc(S(=O)(=O)N3CCN(C)CC3)ccc2C)c1. The summed E-state index contributed by atoms with van der Waals surface area (Å²) in [5, 5.41) is 2.75. The van der Waals surface area contributed by atoms with Gasteiger partial charge in [0, 0.05) is 43.0 Å². The van der Waals surface area contributed by atoms with Crippen LogP contribution in [0.25, 0.3) is 0 Å². The van der Waals surface area contributed by atoms with Gasteiger partial charge in [0.15, 0.2) is 5.78 Å². The average molecular weight is 416 g/mol. The number of hydrogen-bond donors (Lipinski definition) is 1. The van der Waals surface area contributed by atoms with Gasteiger partial charge < -0.3 is 10.2 Å². The van der Waals surface area contributed by atoms with Crippen molar-refractivity contribution in [1.29, 1.82) is 0 Å². The molecule has 1 heterocycles. The molecule has 1 aliphatic rings. The van der Waals surface area contributed by atoms with E-state index in [4.69, 9.17) is 0 Å². The number of hydrogen-bond acceptors (Lipinski definition) is 5. The standard InChI is InChI=1S/C21H25N3O4S/c1-15-7-8-19(29(27,28)24-11-9-23(3)10-12-24)14-20(15)21(26)22-18-6-4-5-17(13-18)16(2)25/h4-8,13-14H,9-12H2,1-3H3,(H,22,26). The number of nitrogens with zero attached hydrogens (tertiary/aromatic N) is 2. The summed E-state index contributed by atoms with van der Waals surface area (Å²) < 4.78 is 27.4. The number of ketones is 1. The molecule has 3 rings (SSSR count). The highest BCUT2D eigenvalue weighted by Gasteiger charge is 2.28. The zero-order valence-corrected chi connectivity index (χ0v) is 17.6. The number of benzene rings is 2. The maximum Gasteiger partial charge on any atom is 0.255 e. The second-order valence-corrected chi connectivity index (χ2v) is 9.21. The molecule has 7 nitrogen and oxygen atoms in total. The van der Waals surface area contributed by atoms with Gasteiger partial charge in [-0.1, -0.05) is 18.2 Å². The van der Waals surface area contributed by atoms with Crippen molar-refractivity contribution in [1.82, 2.24) is 9.21 Å². The van der Waals surface area contributed by atoms with E-state index in [9.17, 15) is 18.0 Å². The molecule has 0 atom stereocenters. The Bertz CT molecular complexity index is 1040. The molecule has 8 heteroatoms. The van der Waals surface area contributed by atoms with Crippen molar-refractivity contribution < 1.29 is 18.0 Å². The number of carbonyl (C=O) groups is 2. The Kier molecular flexibility index (Phi) is 6.16. The topological polar surface area (TPSA) is 86.8 Å². The molecule has 1 aliphatic heterocycles. The number of sulfonamides is 1. The highest BCUT2D eigenvalue weighted by Crippen LogP contribution is 2.22. The first-order valence-corrected chi connectivity index (χ1v) is 10.8. The van der Waals surface area contributed by atoms with E-state index in [1.54, 1.807) is 37.3 Å². The van der Waals surface area contributed by atoms with Crippen molar-refractivity contribution in [3.63, 3.8) is 0 Å². The molecule has 0 spiro atoms. The van der Waals surface area contributed by atoms with Gasteiger partial charge in [0.2, 0.25) is 10.0 Å². The molecule has 1 saturated heterocycles. The first-order valence-electron chi connectivity index (χ1n) is 9.40. The van der Waals surface area contributed by atoms with E-state index in [2.05, 4.69) is 10.2 Å². The zero-order chi connectivity index (χ0) is 21.2. The first kappa shape index (κ1) is 21.2. The molecule has 0 aliphatic carbocycles. The van der Waals surface area contributed by atoms with Crippen molar-refractivity contribution in [2.45, 2.75) is 18.7 Å². The largest absolute Gasteiger partial charge is 0.322 e. The van der Waals surface area contributed by atoms with Crippen LogP contribution in [0.5, 0.6) is 0 Å². The zero-order valence-electron chi connectivity index (χ0n) is 16.8. The van der Waals surface area contributed by atoms with Crippen LogP contribution in [0, 0.1) is 6.92 Å². The second kappa shape index (κ2) is 8.44. The third kappa shape index (κ3) is 4.72. The lowest BCUT2D eigenvalue weighted by Crippen LogP contribution is -2.47. The molecule has 1 N–H and O–H groups in total. The van der Waals surface area contributed by atoms with Crippen molar-refractivity contribution in [3.05, 3.63) is 59.2 Å². The summed E-state index contributed by atoms with van der Waals surface area (Å²) >= 11 is 0. The predicted octanol–water partition coefficient (Wildman–Crippen LogP) is 2.39. The van der Waals surface area contributed by atoms with E-state index in [-0.39, 0.29) is 16.2 Å². The summed E-state index contributed by atoms with van der Waals surface area (Å²) in [6.07, 6.45) is 0. The number of piperazine rings is 1. The predicted molar refractivity (Wildman–Crippen MR) is 112 cm³/mol. The molecular formula is C21H25N3O4S. The molecule has 0 bridgehead atoms. The lowest BCUT2D eigenvalue weighted by Gasteiger charge is -2.31. The number of amides is 1. The minimum Gasteiger partial charge on any atom is -0.322 e. The molecule has 0 radical (unpaired) electrons. The lowest BCUT2D eigenvalue weighted by atomic mass is 10.1. The fourth-order valence-corrected chi connectivity index (χ4v) is 4.65. The van der Waals surface area contributed by atoms with Crippen LogP contribution >= 0.6 is 0 Å². The van der Waals surface area contributed by atoms with Gasteiger partial charge in [0.25, 0.3) is 5.91 Å². The number of likely N-dealkylation sites (N-methyl/N-ethyl adjacent to an activating group) is 1. The van der Waals surface area contributed by atoms with E-state index < -0.39 is 15.9 Å². The van der Waals surface area contributed by atoms with E-state index in [0.29, 0.717) is 43.0 Å². The molecule has 154 valence electrons. The highest BCUT2D eigenvalue weighted by atomic mass is 32.2. The van der Waals surface area contributed by atoms with Gasteiger partial charge in [-0.25, -0.2) is 8.42 Å². The number of carbonyl (C=O) groups excluding carboxylic acids is 2. The van der Waals surface area contributed by atoms with Crippen LogP contribution in [0.4, 0.5) is 5.69 Å². The van der Waals surface area contributed by atoms with Gasteiger partial charge in [-0.3, -0.25) is 9.59 Å². The molecular weight excluding hydrogens is 390 g/mol. The molecule has 1 fully saturated rings. The fraction of sp³-hybridized carbons (Fsp3) is 0.333. The van der Waals surface area contributed by atoms with Gasteiger partial charge in [-0.15, -0.1) is 0 Å². The third-order valence-corrected chi connectivity index (χ3v) is 6.98. The monoisotopic (exact) mass is 415 g/mol. The van der Waals surface area contributed by atoms with Crippen LogP contribution in [0.3, 0.4) is 0 Å². The third-order valence-electron chi connectivity index (χ3n) is 5.08. The Hall–Kier alpha value is -2.55. The van der Waals surface area contributed by atoms with Gasteiger partial charge in [0.05, 0.1) is 4.90 Å². The van der Waals surface area contributed by atoms with Crippen LogP contribution in [-0.2, 0) is 10.0 Å². The van der Waals surface area contributed by atoms with E-state index in [0.717, 1.165) is 0 Å². The van der Waals surface area contributed by atoms with Gasteiger partial charge in [-0.2, -0.15) is 4.31 Å². The molecule has 0 saturated carbocycles. The highest BCUT2D eigenvalue weighted by molar-refractivity contribution is 7.89. The minimum absolute atomic E-state index is 0.0995. The summed E-state index contributed by atoms with van der Waals surface area (Å²) in [5.41, 5.74) is 1.93. The first-order chi connectivity index (χ1) is 13.7. The number of nitrogens with one attached hydrogen (secondary N) is 1. The molecule has 29 heavy (non-hydrogen) atoms. The summed E-state index contributed by atoms with van der Waals surface area (Å²) in [6, 6.07) is 11.2. The fourth-order valence-electron chi connectivity index (χ4n) is 3.20. The van der Waals surface area contributed by atoms with Gasteiger partial charge in [0.1, 0.15) is 0 Å². The summed E-state index contributed by atoms with van der Waals surface area (Å²) in [7, 11) is -1.71. The van der Waals surface area contributed by atoms with Gasteiger partial charge in [-0.05, 0) is 50.7 Å². The molecule has 0 unspecified atom stereocenters. The van der Waals surface area contributed by atoms with Crippen LogP contribution in [-0.4, -0.2) is 62.5 Å². The lowest BCUT2D eigenvalue weighted by molar-refractivity contribution is 0.101. The quantitative estimate of drug-likeness (QED) is 0.758. The summed E-state index contributed by atoms with van der Waals surface area (Å²) in [4.78, 5) is 26.5. The van der Waals surface area contributed by atoms with Crippen LogP contribution in [0.15, 0.2) is 47.4 Å². The molecule has 2 aromatic carbocycles. The van der Waals surface area contributed by atoms with Crippen LogP contribution in [0.1, 0.15) is 33.2 Å². The summed E-state index contributed by atoms with van der Waals surface area (Å²) in [5.74, 6) is -0.517. The Labute approximate surface area is 171 Å². The minimum atomic E-state index is -3.67. The van der Waals surface area contributed by atoms with Crippen molar-refractivity contribution in [2.75, 3.05) is 38.5 Å². The van der Waals surface area contributed by atoms with Crippen molar-refractivity contribution in [3.8, 4) is 0 Å². The Morgan fingerprint density at radius 2 is 1.69 bits per heavy atom. The Morgan fingerprint density at radius 1 is 1.00 bits per heavy atom. The molecule has 0 aromatic heterocycles. The number of Topliss-reactive ketones (excluding diaryl/α,β-unsaturated/α-hetero) is 1. The smallest absolute Gasteiger partial charge is 0.255 e. The average Bonchev–Trinajstić information content (AvgIpc) is 2.68. The normalized spacial score (nSPS) is 15.8. The maximum atomic E-state index is 13.0. The number of aryl methyl sites for hydroxylation is 1. The summed E-state index contributed by atoms with van der Waals surface area (Å²) in [6.45, 7) is 5.40. The Morgan fingerprint density at radius 3 is 2.34 bits per heavy atom. The van der Waals surface area contributed by atoms with Crippen molar-refractivity contribution >= 4 is 27.4 Å². The van der Waals surface area contributed by atoms with Crippen LogP contribution in [0.2, 0.25) is 0 Å². The van der Waals surface area contributed by atoms with Crippen LogP contribution < -0.4 is 5.32 Å². The van der Waals surface area contributed by atoms with E-state index >= 15 is 0 Å². The molecule has 2 aromatic rings. The maximum absolute atomic E-state index is 13.0. The van der Waals surface area contributed by atoms with E-state index in [1.807, 2.05) is 7.05 Å². The molecule has 1 amide bonds. The van der Waals surface area contributed by atoms with Crippen molar-refractivity contribution in [2.24, 2.45) is 0 Å². The van der Waals surface area contributed by atoms with Gasteiger partial charge >= 0.3 is 0 Å². The number of anilines is 1. The second-order valence-electron chi connectivity index (χ2n) is 7.28. The van der Waals surface area contributed by atoms with E-state index in [1.165, 1.54) is 23.4 Å². The number of rotatable bonds is 5.